The number of rotatable bonds is 10. The number of nitrogens with zero attached hydrogens (tertiary/aromatic N) is 2. The lowest BCUT2D eigenvalue weighted by molar-refractivity contribution is -0.121. The molecular weight excluding hydrogens is 264 g/mol. The highest BCUT2D eigenvalue weighted by Gasteiger charge is 2.07. The lowest BCUT2D eigenvalue weighted by Gasteiger charge is -2.21. The molecule has 5 heteroatoms. The fourth-order valence-corrected chi connectivity index (χ4v) is 1.76. The summed E-state index contributed by atoms with van der Waals surface area (Å²) >= 11 is 0. The van der Waals surface area contributed by atoms with E-state index in [0.717, 1.165) is 38.3 Å². The van der Waals surface area contributed by atoms with Crippen LogP contribution in [0.4, 0.5) is 0 Å². The number of carbonyl (C=O) groups is 1. The Morgan fingerprint density at radius 2 is 2.14 bits per heavy atom. The number of hydrogen-bond acceptors (Lipinski definition) is 2. The highest BCUT2D eigenvalue weighted by molar-refractivity contribution is 5.80. The SMILES string of the molecule is C=CCCCN(C)C(=NCCC(=O)NC(C)CC)NCC. The summed E-state index contributed by atoms with van der Waals surface area (Å²) in [6.07, 6.45) is 5.36. The Balaban J connectivity index is 4.25. The normalized spacial score (nSPS) is 12.7. The van der Waals surface area contributed by atoms with Crippen LogP contribution in [0.15, 0.2) is 17.6 Å². The number of unbranched alkanes of at least 4 members (excludes halogenated alkanes) is 1. The fourth-order valence-electron chi connectivity index (χ4n) is 1.76. The first-order valence-electron chi connectivity index (χ1n) is 7.94. The summed E-state index contributed by atoms with van der Waals surface area (Å²) in [7, 11) is 2.02. The van der Waals surface area contributed by atoms with Crippen molar-refractivity contribution in [2.45, 2.75) is 52.5 Å². The van der Waals surface area contributed by atoms with Gasteiger partial charge in [0, 0.05) is 32.6 Å². The van der Waals surface area contributed by atoms with Gasteiger partial charge in [-0.2, -0.15) is 0 Å². The van der Waals surface area contributed by atoms with Gasteiger partial charge in [-0.25, -0.2) is 0 Å². The average molecular weight is 296 g/mol. The Bertz CT molecular complexity index is 328. The second kappa shape index (κ2) is 12.2. The zero-order valence-corrected chi connectivity index (χ0v) is 14.1. The number of aliphatic imine (C=N–C) groups is 1. The van der Waals surface area contributed by atoms with Gasteiger partial charge in [-0.1, -0.05) is 13.0 Å². The van der Waals surface area contributed by atoms with Gasteiger partial charge in [-0.3, -0.25) is 9.79 Å². The molecule has 0 aromatic heterocycles. The number of nitrogens with one attached hydrogen (secondary N) is 2. The third-order valence-electron chi connectivity index (χ3n) is 3.22. The Labute approximate surface area is 129 Å². The molecule has 2 N–H and O–H groups in total. The Kier molecular flexibility index (Phi) is 11.4. The van der Waals surface area contributed by atoms with Gasteiger partial charge in [0.15, 0.2) is 5.96 Å². The molecule has 0 radical (unpaired) electrons. The van der Waals surface area contributed by atoms with Gasteiger partial charge < -0.3 is 15.5 Å². The number of amides is 1. The molecule has 21 heavy (non-hydrogen) atoms. The monoisotopic (exact) mass is 296 g/mol. The van der Waals surface area contributed by atoms with Gasteiger partial charge in [0.2, 0.25) is 5.91 Å². The topological polar surface area (TPSA) is 56.7 Å². The smallest absolute Gasteiger partial charge is 0.222 e. The summed E-state index contributed by atoms with van der Waals surface area (Å²) in [6.45, 7) is 12.1. The van der Waals surface area contributed by atoms with Crippen LogP contribution >= 0.6 is 0 Å². The van der Waals surface area contributed by atoms with Gasteiger partial charge in [-0.05, 0) is 33.1 Å². The lowest BCUT2D eigenvalue weighted by atomic mass is 10.2. The maximum atomic E-state index is 11.7. The molecule has 0 spiro atoms. The second-order valence-corrected chi connectivity index (χ2v) is 5.21. The van der Waals surface area contributed by atoms with E-state index in [0.29, 0.717) is 13.0 Å². The maximum Gasteiger partial charge on any atom is 0.222 e. The molecule has 0 aromatic carbocycles. The van der Waals surface area contributed by atoms with Crippen molar-refractivity contribution in [3.05, 3.63) is 12.7 Å². The minimum Gasteiger partial charge on any atom is -0.357 e. The molecule has 0 aliphatic heterocycles. The molecule has 0 fully saturated rings. The van der Waals surface area contributed by atoms with Gasteiger partial charge in [0.25, 0.3) is 0 Å². The van der Waals surface area contributed by atoms with Crippen LogP contribution in [-0.4, -0.2) is 49.5 Å². The van der Waals surface area contributed by atoms with Crippen LogP contribution in [0.25, 0.3) is 0 Å². The first-order valence-corrected chi connectivity index (χ1v) is 7.94. The Hall–Kier alpha value is -1.52. The summed E-state index contributed by atoms with van der Waals surface area (Å²) in [5, 5.41) is 6.21. The summed E-state index contributed by atoms with van der Waals surface area (Å²) in [4.78, 5) is 18.3. The van der Waals surface area contributed by atoms with Crippen molar-refractivity contribution in [2.75, 3.05) is 26.7 Å². The first kappa shape index (κ1) is 19.5. The van der Waals surface area contributed by atoms with Crippen molar-refractivity contribution in [3.63, 3.8) is 0 Å². The Morgan fingerprint density at radius 1 is 1.43 bits per heavy atom. The van der Waals surface area contributed by atoms with Crippen LogP contribution in [0, 0.1) is 0 Å². The number of guanidine groups is 1. The van der Waals surface area contributed by atoms with Gasteiger partial charge in [0.1, 0.15) is 0 Å². The molecule has 0 rings (SSSR count). The third kappa shape index (κ3) is 9.93. The largest absolute Gasteiger partial charge is 0.357 e. The van der Waals surface area contributed by atoms with E-state index in [9.17, 15) is 4.79 Å². The summed E-state index contributed by atoms with van der Waals surface area (Å²) in [5.41, 5.74) is 0. The van der Waals surface area contributed by atoms with E-state index in [2.05, 4.69) is 34.0 Å². The van der Waals surface area contributed by atoms with E-state index in [1.54, 1.807) is 0 Å². The maximum absolute atomic E-state index is 11.7. The van der Waals surface area contributed by atoms with E-state index < -0.39 is 0 Å². The van der Waals surface area contributed by atoms with E-state index in [1.807, 2.05) is 27.0 Å². The van der Waals surface area contributed by atoms with Crippen molar-refractivity contribution in [2.24, 2.45) is 4.99 Å². The van der Waals surface area contributed by atoms with Gasteiger partial charge >= 0.3 is 0 Å². The van der Waals surface area contributed by atoms with Crippen LogP contribution in [0.3, 0.4) is 0 Å². The van der Waals surface area contributed by atoms with Crippen molar-refractivity contribution >= 4 is 11.9 Å². The van der Waals surface area contributed by atoms with E-state index in [1.165, 1.54) is 0 Å². The van der Waals surface area contributed by atoms with Gasteiger partial charge in [0.05, 0.1) is 6.54 Å². The summed E-state index contributed by atoms with van der Waals surface area (Å²) < 4.78 is 0. The average Bonchev–Trinajstić information content (AvgIpc) is 2.46. The van der Waals surface area contributed by atoms with Crippen LogP contribution < -0.4 is 10.6 Å². The minimum absolute atomic E-state index is 0.0678. The fraction of sp³-hybridized carbons (Fsp3) is 0.750. The predicted octanol–water partition coefficient (Wildman–Crippen LogP) is 2.15. The zero-order valence-electron chi connectivity index (χ0n) is 14.1. The van der Waals surface area contributed by atoms with E-state index >= 15 is 0 Å². The highest BCUT2D eigenvalue weighted by atomic mass is 16.1. The molecule has 0 aliphatic rings. The molecule has 5 nitrogen and oxygen atoms in total. The summed E-state index contributed by atoms with van der Waals surface area (Å²) in [6, 6.07) is 0.233. The zero-order chi connectivity index (χ0) is 16.1. The van der Waals surface area contributed by atoms with Crippen molar-refractivity contribution in [1.29, 1.82) is 0 Å². The number of hydrogen-bond donors (Lipinski definition) is 2. The molecule has 0 saturated carbocycles. The number of allylic oxidation sites excluding steroid dienone is 1. The minimum atomic E-state index is 0.0678. The number of carbonyl (C=O) groups excluding carboxylic acids is 1. The molecule has 1 amide bonds. The van der Waals surface area contributed by atoms with Crippen LogP contribution in [0.2, 0.25) is 0 Å². The molecular formula is C16H32N4O. The lowest BCUT2D eigenvalue weighted by Crippen LogP contribution is -2.39. The molecule has 0 aromatic rings. The van der Waals surface area contributed by atoms with E-state index in [-0.39, 0.29) is 11.9 Å². The predicted molar refractivity (Wildman–Crippen MR) is 90.6 cm³/mol. The molecule has 0 heterocycles. The molecule has 1 atom stereocenters. The molecule has 122 valence electrons. The quantitative estimate of drug-likeness (QED) is 0.281. The van der Waals surface area contributed by atoms with Crippen LogP contribution in [0.5, 0.6) is 0 Å². The Morgan fingerprint density at radius 3 is 2.71 bits per heavy atom. The van der Waals surface area contributed by atoms with Crippen LogP contribution in [-0.2, 0) is 4.79 Å². The molecule has 0 aliphatic carbocycles. The summed E-state index contributed by atoms with van der Waals surface area (Å²) in [5.74, 6) is 0.927. The van der Waals surface area contributed by atoms with Crippen molar-refractivity contribution in [3.8, 4) is 0 Å². The molecule has 0 bridgehead atoms. The van der Waals surface area contributed by atoms with Crippen molar-refractivity contribution < 1.29 is 4.79 Å². The molecule has 1 unspecified atom stereocenters. The van der Waals surface area contributed by atoms with E-state index in [4.69, 9.17) is 0 Å². The molecule has 0 saturated heterocycles. The second-order valence-electron chi connectivity index (χ2n) is 5.21. The first-order chi connectivity index (χ1) is 10.0. The highest BCUT2D eigenvalue weighted by Crippen LogP contribution is 1.96. The third-order valence-corrected chi connectivity index (χ3v) is 3.22. The van der Waals surface area contributed by atoms with Crippen molar-refractivity contribution in [1.82, 2.24) is 15.5 Å². The standard InChI is InChI=1S/C16H32N4O/c1-6-9-10-13-20(5)16(17-8-3)18-12-11-15(21)19-14(4)7-2/h6,14H,1,7-13H2,2-5H3,(H,17,18)(H,19,21). The van der Waals surface area contributed by atoms with Gasteiger partial charge in [-0.15, -0.1) is 6.58 Å². The van der Waals surface area contributed by atoms with Crippen LogP contribution in [0.1, 0.15) is 46.5 Å².